The molecular weight excluding hydrogens is 342 g/mol. The lowest BCUT2D eigenvalue weighted by molar-refractivity contribution is 0.0489. The quantitative estimate of drug-likeness (QED) is 0.564. The average molecular weight is 378 g/mol. The predicted molar refractivity (Wildman–Crippen MR) is 108 cm³/mol. The summed E-state index contributed by atoms with van der Waals surface area (Å²) >= 11 is 0. The van der Waals surface area contributed by atoms with E-state index in [0.717, 1.165) is 45.2 Å². The van der Waals surface area contributed by atoms with Gasteiger partial charge in [-0.15, -0.1) is 0 Å². The molecule has 1 amide bonds. The van der Waals surface area contributed by atoms with Gasteiger partial charge in [0.15, 0.2) is 0 Å². The zero-order valence-corrected chi connectivity index (χ0v) is 17.0. The fourth-order valence-corrected chi connectivity index (χ4v) is 3.52. The number of aromatic nitrogens is 1. The summed E-state index contributed by atoms with van der Waals surface area (Å²) in [6.07, 6.45) is 9.03. The zero-order chi connectivity index (χ0) is 19.7. The maximum atomic E-state index is 12.2. The first-order valence-electron chi connectivity index (χ1n) is 10.2. The largest absolute Gasteiger partial charge is 0.444 e. The summed E-state index contributed by atoms with van der Waals surface area (Å²) in [5.41, 5.74) is -0.427. The van der Waals surface area contributed by atoms with E-state index in [0.29, 0.717) is 0 Å². The van der Waals surface area contributed by atoms with Gasteiger partial charge in [0.2, 0.25) is 5.56 Å². The molecular formula is C21H35N3O3. The van der Waals surface area contributed by atoms with E-state index in [-0.39, 0.29) is 23.7 Å². The van der Waals surface area contributed by atoms with Gasteiger partial charge in [-0.2, -0.15) is 0 Å². The highest BCUT2D eigenvalue weighted by atomic mass is 16.6. The second-order valence-electron chi connectivity index (χ2n) is 8.39. The van der Waals surface area contributed by atoms with Gasteiger partial charge in [-0.3, -0.25) is 4.79 Å². The van der Waals surface area contributed by atoms with Crippen LogP contribution in [0.5, 0.6) is 0 Å². The number of alkyl carbamates (subject to hydrolysis) is 1. The van der Waals surface area contributed by atoms with Crippen LogP contribution in [0.4, 0.5) is 4.79 Å². The second-order valence-corrected chi connectivity index (χ2v) is 8.39. The molecule has 1 saturated carbocycles. The van der Waals surface area contributed by atoms with E-state index in [1.165, 1.54) is 12.8 Å². The molecule has 0 radical (unpaired) electrons. The van der Waals surface area contributed by atoms with Crippen molar-refractivity contribution in [2.75, 3.05) is 6.54 Å². The van der Waals surface area contributed by atoms with Crippen LogP contribution in [-0.4, -0.2) is 34.9 Å². The highest BCUT2D eigenvalue weighted by molar-refractivity contribution is 5.68. The molecule has 1 aromatic heterocycles. The topological polar surface area (TPSA) is 72.4 Å². The molecule has 2 atom stereocenters. The number of ether oxygens (including phenoxy) is 1. The Morgan fingerprint density at radius 2 is 1.89 bits per heavy atom. The summed E-state index contributed by atoms with van der Waals surface area (Å²) in [4.78, 5) is 23.9. The molecule has 2 rings (SSSR count). The molecule has 0 unspecified atom stereocenters. The molecule has 0 bridgehead atoms. The molecule has 6 nitrogen and oxygen atoms in total. The van der Waals surface area contributed by atoms with Crippen LogP contribution in [0.1, 0.15) is 65.7 Å². The maximum Gasteiger partial charge on any atom is 0.407 e. The van der Waals surface area contributed by atoms with E-state index in [4.69, 9.17) is 4.74 Å². The highest BCUT2D eigenvalue weighted by Crippen LogP contribution is 2.19. The maximum absolute atomic E-state index is 12.2. The number of carbonyl (C=O) groups excluding carboxylic acids is 1. The van der Waals surface area contributed by atoms with Crippen molar-refractivity contribution in [3.05, 3.63) is 34.7 Å². The molecule has 6 heteroatoms. The number of aryl methyl sites for hydroxylation is 1. The number of nitrogens with zero attached hydrogens (tertiary/aromatic N) is 1. The van der Waals surface area contributed by atoms with E-state index in [1.54, 1.807) is 16.7 Å². The smallest absolute Gasteiger partial charge is 0.407 e. The Kier molecular flexibility index (Phi) is 8.35. The molecule has 0 aromatic carbocycles. The highest BCUT2D eigenvalue weighted by Gasteiger charge is 2.26. The van der Waals surface area contributed by atoms with Crippen molar-refractivity contribution in [2.24, 2.45) is 0 Å². The third kappa shape index (κ3) is 8.16. The molecule has 0 aliphatic heterocycles. The third-order valence-corrected chi connectivity index (χ3v) is 4.85. The lowest BCUT2D eigenvalue weighted by Crippen LogP contribution is -2.50. The van der Waals surface area contributed by atoms with E-state index in [9.17, 15) is 9.59 Å². The predicted octanol–water partition coefficient (Wildman–Crippen LogP) is 3.44. The summed E-state index contributed by atoms with van der Waals surface area (Å²) in [5, 5.41) is 6.69. The number of pyridine rings is 1. The molecule has 2 N–H and O–H groups in total. The van der Waals surface area contributed by atoms with Crippen LogP contribution in [-0.2, 0) is 11.3 Å². The van der Waals surface area contributed by atoms with Crippen LogP contribution in [0.15, 0.2) is 29.2 Å². The molecule has 1 fully saturated rings. The van der Waals surface area contributed by atoms with Gasteiger partial charge in [0.05, 0.1) is 0 Å². The Morgan fingerprint density at radius 1 is 1.15 bits per heavy atom. The SMILES string of the molecule is CC(C)(C)OC(=O)N[C@H]1CCCCC[C@H]1NCCCCn1ccccc1=O. The van der Waals surface area contributed by atoms with E-state index in [2.05, 4.69) is 10.6 Å². The minimum absolute atomic E-state index is 0.0517. The van der Waals surface area contributed by atoms with Gasteiger partial charge in [0.1, 0.15) is 5.60 Å². The van der Waals surface area contributed by atoms with Crippen LogP contribution >= 0.6 is 0 Å². The summed E-state index contributed by atoms with van der Waals surface area (Å²) in [5.74, 6) is 0. The number of unbranched alkanes of at least 4 members (excludes halogenated alkanes) is 1. The summed E-state index contributed by atoms with van der Waals surface area (Å²) in [6, 6.07) is 5.64. The number of nitrogens with one attached hydrogen (secondary N) is 2. The molecule has 1 aromatic rings. The van der Waals surface area contributed by atoms with Gasteiger partial charge in [-0.05, 0) is 59.1 Å². The molecule has 152 valence electrons. The van der Waals surface area contributed by atoms with E-state index >= 15 is 0 Å². The zero-order valence-electron chi connectivity index (χ0n) is 17.0. The van der Waals surface area contributed by atoms with Gasteiger partial charge < -0.3 is 19.9 Å². The lowest BCUT2D eigenvalue weighted by Gasteiger charge is -2.29. The Morgan fingerprint density at radius 3 is 2.59 bits per heavy atom. The number of carbonyl (C=O) groups is 1. The van der Waals surface area contributed by atoms with Crippen LogP contribution < -0.4 is 16.2 Å². The van der Waals surface area contributed by atoms with Crippen molar-refractivity contribution >= 4 is 6.09 Å². The van der Waals surface area contributed by atoms with Gasteiger partial charge >= 0.3 is 6.09 Å². The Hall–Kier alpha value is -1.82. The first kappa shape index (κ1) is 21.5. The third-order valence-electron chi connectivity index (χ3n) is 4.85. The number of amides is 1. The minimum atomic E-state index is -0.479. The van der Waals surface area contributed by atoms with Crippen molar-refractivity contribution in [2.45, 2.75) is 89.9 Å². The van der Waals surface area contributed by atoms with Crippen molar-refractivity contribution < 1.29 is 9.53 Å². The fourth-order valence-electron chi connectivity index (χ4n) is 3.52. The van der Waals surface area contributed by atoms with Crippen LogP contribution in [0.3, 0.4) is 0 Å². The van der Waals surface area contributed by atoms with Crippen LogP contribution in [0, 0.1) is 0 Å². The van der Waals surface area contributed by atoms with E-state index in [1.807, 2.05) is 33.0 Å². The van der Waals surface area contributed by atoms with Gasteiger partial charge in [0, 0.05) is 30.9 Å². The first-order chi connectivity index (χ1) is 12.8. The van der Waals surface area contributed by atoms with Crippen LogP contribution in [0.25, 0.3) is 0 Å². The average Bonchev–Trinajstić information content (AvgIpc) is 2.80. The van der Waals surface area contributed by atoms with Crippen molar-refractivity contribution in [1.29, 1.82) is 0 Å². The first-order valence-corrected chi connectivity index (χ1v) is 10.2. The summed E-state index contributed by atoms with van der Waals surface area (Å²) in [7, 11) is 0. The standard InChI is InChI=1S/C21H35N3O3/c1-21(2,3)27-20(26)23-18-12-6-4-5-11-17(18)22-14-8-10-16-24-15-9-7-13-19(24)25/h7,9,13,15,17-18,22H,4-6,8,10-12,14,16H2,1-3H3,(H,23,26)/t17-,18+/m1/s1. The summed E-state index contributed by atoms with van der Waals surface area (Å²) < 4.78 is 7.17. The van der Waals surface area contributed by atoms with Crippen LogP contribution in [0.2, 0.25) is 0 Å². The van der Waals surface area contributed by atoms with Crippen molar-refractivity contribution in [1.82, 2.24) is 15.2 Å². The number of hydrogen-bond acceptors (Lipinski definition) is 4. The van der Waals surface area contributed by atoms with Crippen molar-refractivity contribution in [3.8, 4) is 0 Å². The number of rotatable bonds is 7. The normalized spacial score (nSPS) is 20.7. The molecule has 27 heavy (non-hydrogen) atoms. The summed E-state index contributed by atoms with van der Waals surface area (Å²) in [6.45, 7) is 7.28. The molecule has 1 aliphatic carbocycles. The molecule has 1 heterocycles. The fraction of sp³-hybridized carbons (Fsp3) is 0.714. The minimum Gasteiger partial charge on any atom is -0.444 e. The number of hydrogen-bond donors (Lipinski definition) is 2. The Labute approximate surface area is 162 Å². The Balaban J connectivity index is 1.76. The van der Waals surface area contributed by atoms with Crippen molar-refractivity contribution in [3.63, 3.8) is 0 Å². The van der Waals surface area contributed by atoms with E-state index < -0.39 is 5.60 Å². The van der Waals surface area contributed by atoms with Gasteiger partial charge in [-0.1, -0.05) is 25.3 Å². The monoisotopic (exact) mass is 377 g/mol. The second kappa shape index (κ2) is 10.5. The molecule has 0 saturated heterocycles. The van der Waals surface area contributed by atoms with Gasteiger partial charge in [-0.25, -0.2) is 4.79 Å². The Bertz CT molecular complexity index is 636. The van der Waals surface area contributed by atoms with Gasteiger partial charge in [0.25, 0.3) is 0 Å². The lowest BCUT2D eigenvalue weighted by atomic mass is 10.0. The molecule has 1 aliphatic rings. The molecule has 0 spiro atoms.